The van der Waals surface area contributed by atoms with Gasteiger partial charge in [-0.15, -0.1) is 0 Å². The Morgan fingerprint density at radius 2 is 1.41 bits per heavy atom. The lowest BCUT2D eigenvalue weighted by Crippen LogP contribution is -2.53. The molecule has 6 heteroatoms. The molecule has 27 heavy (non-hydrogen) atoms. The average molecular weight is 406 g/mol. The lowest BCUT2D eigenvalue weighted by atomic mass is 10.1. The van der Waals surface area contributed by atoms with Crippen LogP contribution in [0, 0.1) is 0 Å². The molecule has 2 saturated heterocycles. The van der Waals surface area contributed by atoms with Gasteiger partial charge in [-0.25, -0.2) is 0 Å². The van der Waals surface area contributed by atoms with Gasteiger partial charge in [0.1, 0.15) is 0 Å². The molecule has 0 spiro atoms. The topological polar surface area (TPSA) is 30.0 Å². The minimum absolute atomic E-state index is 0.193. The standard InChI is InChI=1S/C21H25Cl2N3O/c22-17-3-1-16(2-4-17)13-24-9-11-25(12-10-24)20-14-26(15-21(20)27)19-7-5-18(23)6-8-19/h1-8,20-21,27H,9-15H2. The number of nitrogens with zero attached hydrogens (tertiary/aromatic N) is 3. The van der Waals surface area contributed by atoms with Crippen LogP contribution >= 0.6 is 23.2 Å². The number of benzene rings is 2. The molecule has 0 aromatic heterocycles. The predicted molar refractivity (Wildman–Crippen MR) is 112 cm³/mol. The molecule has 4 nitrogen and oxygen atoms in total. The van der Waals surface area contributed by atoms with Crippen LogP contribution in [0.15, 0.2) is 48.5 Å². The summed E-state index contributed by atoms with van der Waals surface area (Å²) in [7, 11) is 0. The molecule has 2 aliphatic heterocycles. The molecular weight excluding hydrogens is 381 g/mol. The summed E-state index contributed by atoms with van der Waals surface area (Å²) in [4.78, 5) is 7.17. The molecule has 2 unspecified atom stereocenters. The zero-order chi connectivity index (χ0) is 18.8. The van der Waals surface area contributed by atoms with Crippen molar-refractivity contribution in [3.05, 3.63) is 64.1 Å². The zero-order valence-corrected chi connectivity index (χ0v) is 16.8. The van der Waals surface area contributed by atoms with Gasteiger partial charge >= 0.3 is 0 Å². The lowest BCUT2D eigenvalue weighted by Gasteiger charge is -2.38. The Kier molecular flexibility index (Phi) is 5.90. The van der Waals surface area contributed by atoms with E-state index in [9.17, 15) is 5.11 Å². The van der Waals surface area contributed by atoms with Crippen molar-refractivity contribution in [1.82, 2.24) is 9.80 Å². The highest BCUT2D eigenvalue weighted by atomic mass is 35.5. The maximum Gasteiger partial charge on any atom is 0.0887 e. The van der Waals surface area contributed by atoms with Gasteiger partial charge in [-0.2, -0.15) is 0 Å². The van der Waals surface area contributed by atoms with Crippen LogP contribution in [0.2, 0.25) is 10.0 Å². The van der Waals surface area contributed by atoms with E-state index >= 15 is 0 Å². The molecule has 2 fully saturated rings. The fourth-order valence-electron chi connectivity index (χ4n) is 4.09. The van der Waals surface area contributed by atoms with Crippen molar-refractivity contribution in [3.8, 4) is 0 Å². The van der Waals surface area contributed by atoms with Crippen molar-refractivity contribution in [2.75, 3.05) is 44.2 Å². The number of hydrogen-bond acceptors (Lipinski definition) is 4. The molecule has 0 aliphatic carbocycles. The van der Waals surface area contributed by atoms with Gasteiger partial charge in [0.25, 0.3) is 0 Å². The molecule has 2 aliphatic rings. The van der Waals surface area contributed by atoms with Crippen molar-refractivity contribution >= 4 is 28.9 Å². The number of hydrogen-bond donors (Lipinski definition) is 1. The van der Waals surface area contributed by atoms with Crippen molar-refractivity contribution < 1.29 is 5.11 Å². The van der Waals surface area contributed by atoms with Crippen molar-refractivity contribution in [2.24, 2.45) is 0 Å². The zero-order valence-electron chi connectivity index (χ0n) is 15.3. The van der Waals surface area contributed by atoms with Gasteiger partial charge in [-0.05, 0) is 42.0 Å². The number of piperazine rings is 1. The average Bonchev–Trinajstić information content (AvgIpc) is 3.06. The minimum atomic E-state index is -0.316. The molecule has 2 heterocycles. The molecule has 0 amide bonds. The van der Waals surface area contributed by atoms with Crippen LogP contribution in [0.25, 0.3) is 0 Å². The smallest absolute Gasteiger partial charge is 0.0887 e. The number of rotatable bonds is 4. The van der Waals surface area contributed by atoms with Gasteiger partial charge in [0, 0.05) is 61.5 Å². The fourth-order valence-corrected chi connectivity index (χ4v) is 4.34. The summed E-state index contributed by atoms with van der Waals surface area (Å²) in [6.45, 7) is 6.51. The number of anilines is 1. The second-order valence-electron chi connectivity index (χ2n) is 7.45. The highest BCUT2D eigenvalue weighted by Gasteiger charge is 2.36. The Morgan fingerprint density at radius 1 is 0.815 bits per heavy atom. The first-order valence-corrected chi connectivity index (χ1v) is 10.2. The van der Waals surface area contributed by atoms with E-state index in [-0.39, 0.29) is 12.1 Å². The van der Waals surface area contributed by atoms with Crippen molar-refractivity contribution in [3.63, 3.8) is 0 Å². The third kappa shape index (κ3) is 4.58. The van der Waals surface area contributed by atoms with Gasteiger partial charge < -0.3 is 10.0 Å². The normalized spacial score (nSPS) is 24.5. The number of halogens is 2. The third-order valence-corrected chi connectivity index (χ3v) is 6.15. The van der Waals surface area contributed by atoms with Crippen LogP contribution in [-0.4, -0.2) is 66.3 Å². The van der Waals surface area contributed by atoms with Gasteiger partial charge in [0.2, 0.25) is 0 Å². The molecule has 1 N–H and O–H groups in total. The highest BCUT2D eigenvalue weighted by Crippen LogP contribution is 2.25. The van der Waals surface area contributed by atoms with E-state index in [1.165, 1.54) is 5.56 Å². The Hall–Kier alpha value is -1.30. The maximum atomic E-state index is 10.6. The molecule has 144 valence electrons. The maximum absolute atomic E-state index is 10.6. The van der Waals surface area contributed by atoms with Crippen LogP contribution < -0.4 is 4.90 Å². The van der Waals surface area contributed by atoms with Gasteiger partial charge in [0.15, 0.2) is 0 Å². The Labute approximate surface area is 170 Å². The molecule has 4 rings (SSSR count). The van der Waals surface area contributed by atoms with E-state index in [2.05, 4.69) is 26.8 Å². The van der Waals surface area contributed by atoms with E-state index in [0.29, 0.717) is 6.54 Å². The van der Waals surface area contributed by atoms with Crippen molar-refractivity contribution in [1.29, 1.82) is 0 Å². The molecule has 0 saturated carbocycles. The van der Waals surface area contributed by atoms with Crippen LogP contribution in [0.1, 0.15) is 5.56 Å². The summed E-state index contributed by atoms with van der Waals surface area (Å²) in [5, 5.41) is 12.1. The van der Waals surface area contributed by atoms with Gasteiger partial charge in [-0.1, -0.05) is 35.3 Å². The van der Waals surface area contributed by atoms with Crippen LogP contribution in [0.5, 0.6) is 0 Å². The van der Waals surface area contributed by atoms with E-state index < -0.39 is 0 Å². The second kappa shape index (κ2) is 8.38. The molecular formula is C21H25Cl2N3O. The quantitative estimate of drug-likeness (QED) is 0.844. The van der Waals surface area contributed by atoms with Gasteiger partial charge in [-0.3, -0.25) is 9.80 Å². The summed E-state index contributed by atoms with van der Waals surface area (Å²) >= 11 is 12.0. The van der Waals surface area contributed by atoms with E-state index in [1.807, 2.05) is 36.4 Å². The molecule has 2 atom stereocenters. The molecule has 2 aromatic rings. The minimum Gasteiger partial charge on any atom is -0.390 e. The molecule has 0 radical (unpaired) electrons. The van der Waals surface area contributed by atoms with Crippen LogP contribution in [0.4, 0.5) is 5.69 Å². The largest absolute Gasteiger partial charge is 0.390 e. The Balaban J connectivity index is 1.31. The summed E-state index contributed by atoms with van der Waals surface area (Å²) < 4.78 is 0. The number of aliphatic hydroxyl groups is 1. The van der Waals surface area contributed by atoms with E-state index in [1.54, 1.807) is 0 Å². The van der Waals surface area contributed by atoms with Gasteiger partial charge in [0.05, 0.1) is 12.1 Å². The lowest BCUT2D eigenvalue weighted by molar-refractivity contribution is 0.0424. The monoisotopic (exact) mass is 405 g/mol. The first kappa shape index (κ1) is 19.0. The van der Waals surface area contributed by atoms with Crippen LogP contribution in [-0.2, 0) is 6.54 Å². The first-order chi connectivity index (χ1) is 13.1. The number of β-amino-alcohol motifs (C(OH)–C–C–N with tert-alkyl or cyclic N) is 1. The summed E-state index contributed by atoms with van der Waals surface area (Å²) in [5.74, 6) is 0. The fraction of sp³-hybridized carbons (Fsp3) is 0.429. The van der Waals surface area contributed by atoms with E-state index in [0.717, 1.165) is 55.0 Å². The molecule has 0 bridgehead atoms. The predicted octanol–water partition coefficient (Wildman–Crippen LogP) is 3.36. The molecule has 2 aromatic carbocycles. The Morgan fingerprint density at radius 3 is 2.04 bits per heavy atom. The summed E-state index contributed by atoms with van der Waals surface area (Å²) in [6, 6.07) is 16.2. The SMILES string of the molecule is OC1CN(c2ccc(Cl)cc2)CC1N1CCN(Cc2ccc(Cl)cc2)CC1. The van der Waals surface area contributed by atoms with Crippen LogP contribution in [0.3, 0.4) is 0 Å². The second-order valence-corrected chi connectivity index (χ2v) is 8.33. The first-order valence-electron chi connectivity index (χ1n) is 9.48. The van der Waals surface area contributed by atoms with Crippen molar-refractivity contribution in [2.45, 2.75) is 18.7 Å². The van der Waals surface area contributed by atoms with E-state index in [4.69, 9.17) is 23.2 Å². The highest BCUT2D eigenvalue weighted by molar-refractivity contribution is 6.30. The number of aliphatic hydroxyl groups excluding tert-OH is 1. The third-order valence-electron chi connectivity index (χ3n) is 5.65. The Bertz CT molecular complexity index is 745. The summed E-state index contributed by atoms with van der Waals surface area (Å²) in [5.41, 5.74) is 2.42. The summed E-state index contributed by atoms with van der Waals surface area (Å²) in [6.07, 6.45) is -0.316.